The van der Waals surface area contributed by atoms with E-state index in [2.05, 4.69) is 4.98 Å². The molecule has 4 nitrogen and oxygen atoms in total. The number of methoxy groups -OCH3 is 2. The van der Waals surface area contributed by atoms with Crippen molar-refractivity contribution >= 4 is 11.1 Å². The number of hydrogen-bond donors (Lipinski definition) is 0. The Morgan fingerprint density at radius 1 is 0.760 bits per heavy atom. The number of fused-ring (bicyclic) bond motifs is 1. The second kappa shape index (κ2) is 6.32. The lowest BCUT2D eigenvalue weighted by Gasteiger charge is -2.06. The van der Waals surface area contributed by atoms with Crippen molar-refractivity contribution in [2.24, 2.45) is 0 Å². The molecule has 2 aromatic carbocycles. The molecule has 0 unspecified atom stereocenters. The summed E-state index contributed by atoms with van der Waals surface area (Å²) in [5.74, 6) is 2.42. The number of nitrogens with zero attached hydrogens (tertiary/aromatic N) is 1. The van der Waals surface area contributed by atoms with E-state index in [1.165, 1.54) is 0 Å². The third-order valence-electron chi connectivity index (χ3n) is 4.18. The zero-order chi connectivity index (χ0) is 17.2. The van der Waals surface area contributed by atoms with E-state index < -0.39 is 0 Å². The van der Waals surface area contributed by atoms with Crippen molar-refractivity contribution in [3.05, 3.63) is 66.9 Å². The third kappa shape index (κ3) is 2.72. The Morgan fingerprint density at radius 2 is 1.36 bits per heavy atom. The maximum Gasteiger partial charge on any atom is 0.153 e. The average molecular weight is 331 g/mol. The van der Waals surface area contributed by atoms with Crippen molar-refractivity contribution < 1.29 is 13.9 Å². The summed E-state index contributed by atoms with van der Waals surface area (Å²) in [4.78, 5) is 4.53. The van der Waals surface area contributed by atoms with Crippen LogP contribution in [-0.2, 0) is 0 Å². The predicted octanol–water partition coefficient (Wildman–Crippen LogP) is 5.18. The van der Waals surface area contributed by atoms with Crippen LogP contribution in [-0.4, -0.2) is 19.2 Å². The van der Waals surface area contributed by atoms with E-state index in [0.717, 1.165) is 45.0 Å². The van der Waals surface area contributed by atoms with Gasteiger partial charge in [0.2, 0.25) is 0 Å². The summed E-state index contributed by atoms with van der Waals surface area (Å²) in [7, 11) is 3.31. The maximum atomic E-state index is 6.14. The molecule has 0 radical (unpaired) electrons. The number of hydrogen-bond acceptors (Lipinski definition) is 4. The van der Waals surface area contributed by atoms with E-state index in [9.17, 15) is 0 Å². The number of benzene rings is 2. The van der Waals surface area contributed by atoms with Gasteiger partial charge in [0.05, 0.1) is 19.8 Å². The Morgan fingerprint density at radius 3 is 1.96 bits per heavy atom. The molecule has 0 saturated carbocycles. The highest BCUT2D eigenvalue weighted by atomic mass is 16.5. The molecule has 0 aliphatic rings. The summed E-state index contributed by atoms with van der Waals surface area (Å²) < 4.78 is 16.6. The number of ether oxygens (including phenoxy) is 2. The highest BCUT2D eigenvalue weighted by Gasteiger charge is 2.18. The predicted molar refractivity (Wildman–Crippen MR) is 98.0 cm³/mol. The van der Waals surface area contributed by atoms with Gasteiger partial charge in [-0.2, -0.15) is 0 Å². The van der Waals surface area contributed by atoms with Crippen LogP contribution in [0.1, 0.15) is 0 Å². The first-order valence-corrected chi connectivity index (χ1v) is 7.96. The lowest BCUT2D eigenvalue weighted by Crippen LogP contribution is -1.86. The third-order valence-corrected chi connectivity index (χ3v) is 4.18. The van der Waals surface area contributed by atoms with Gasteiger partial charge in [0.15, 0.2) is 5.58 Å². The molecule has 4 aromatic rings. The Bertz CT molecular complexity index is 1000. The van der Waals surface area contributed by atoms with Crippen molar-refractivity contribution in [3.63, 3.8) is 0 Å². The Hall–Kier alpha value is -3.27. The van der Waals surface area contributed by atoms with E-state index in [0.29, 0.717) is 0 Å². The molecule has 2 heterocycles. The molecule has 0 aliphatic heterocycles. The minimum absolute atomic E-state index is 0.763. The Kier molecular flexibility index (Phi) is 3.86. The lowest BCUT2D eigenvalue weighted by atomic mass is 10.0. The molecule has 4 heteroatoms. The second-order valence-electron chi connectivity index (χ2n) is 5.61. The van der Waals surface area contributed by atoms with E-state index in [-0.39, 0.29) is 0 Å². The molecule has 0 N–H and O–H groups in total. The van der Waals surface area contributed by atoms with Crippen molar-refractivity contribution in [2.45, 2.75) is 0 Å². The van der Waals surface area contributed by atoms with Crippen LogP contribution in [0.3, 0.4) is 0 Å². The van der Waals surface area contributed by atoms with Gasteiger partial charge < -0.3 is 13.9 Å². The molecule has 4 rings (SSSR count). The van der Waals surface area contributed by atoms with Gasteiger partial charge in [0, 0.05) is 11.8 Å². The zero-order valence-electron chi connectivity index (χ0n) is 14.0. The van der Waals surface area contributed by atoms with Crippen LogP contribution in [0.25, 0.3) is 33.6 Å². The summed E-state index contributed by atoms with van der Waals surface area (Å²) in [6, 6.07) is 19.6. The molecule has 25 heavy (non-hydrogen) atoms. The quantitative estimate of drug-likeness (QED) is 0.517. The van der Waals surface area contributed by atoms with Crippen molar-refractivity contribution in [2.75, 3.05) is 14.2 Å². The minimum atomic E-state index is 0.763. The molecule has 0 bridgehead atoms. The Balaban J connectivity index is 1.93. The molecule has 2 aromatic heterocycles. The van der Waals surface area contributed by atoms with Gasteiger partial charge in [0.1, 0.15) is 22.8 Å². The first-order chi connectivity index (χ1) is 12.3. The smallest absolute Gasteiger partial charge is 0.153 e. The van der Waals surface area contributed by atoms with Crippen LogP contribution >= 0.6 is 0 Å². The second-order valence-corrected chi connectivity index (χ2v) is 5.61. The number of rotatable bonds is 4. The monoisotopic (exact) mass is 331 g/mol. The summed E-state index contributed by atoms with van der Waals surface area (Å²) in [6.45, 7) is 0. The van der Waals surface area contributed by atoms with Crippen molar-refractivity contribution in [1.82, 2.24) is 4.98 Å². The van der Waals surface area contributed by atoms with Gasteiger partial charge >= 0.3 is 0 Å². The number of furan rings is 1. The summed E-state index contributed by atoms with van der Waals surface area (Å²) >= 11 is 0. The fourth-order valence-electron chi connectivity index (χ4n) is 2.90. The highest BCUT2D eigenvalue weighted by molar-refractivity contribution is 5.99. The van der Waals surface area contributed by atoms with Gasteiger partial charge in [-0.1, -0.05) is 12.1 Å². The fraction of sp³-hybridized carbons (Fsp3) is 0.0952. The van der Waals surface area contributed by atoms with Crippen molar-refractivity contribution in [1.29, 1.82) is 0 Å². The average Bonchev–Trinajstić information content (AvgIpc) is 3.07. The van der Waals surface area contributed by atoms with Crippen LogP contribution in [0.2, 0.25) is 0 Å². The zero-order valence-corrected chi connectivity index (χ0v) is 14.0. The highest BCUT2D eigenvalue weighted by Crippen LogP contribution is 2.40. The van der Waals surface area contributed by atoms with E-state index in [1.54, 1.807) is 20.4 Å². The summed E-state index contributed by atoms with van der Waals surface area (Å²) in [5, 5.41) is 0. The normalized spacial score (nSPS) is 10.8. The molecular weight excluding hydrogens is 314 g/mol. The van der Waals surface area contributed by atoms with E-state index >= 15 is 0 Å². The van der Waals surface area contributed by atoms with E-state index in [4.69, 9.17) is 13.9 Å². The van der Waals surface area contributed by atoms with Gasteiger partial charge in [0.25, 0.3) is 0 Å². The maximum absolute atomic E-state index is 6.14. The molecule has 0 fully saturated rings. The minimum Gasteiger partial charge on any atom is -0.497 e. The molecule has 0 spiro atoms. The summed E-state index contributed by atoms with van der Waals surface area (Å²) in [5.41, 5.74) is 4.59. The van der Waals surface area contributed by atoms with Crippen LogP contribution in [0, 0.1) is 0 Å². The molecule has 0 atom stereocenters. The van der Waals surface area contributed by atoms with Crippen molar-refractivity contribution in [3.8, 4) is 33.9 Å². The first-order valence-electron chi connectivity index (χ1n) is 7.96. The van der Waals surface area contributed by atoms with Gasteiger partial charge in [-0.3, -0.25) is 4.98 Å². The summed E-state index contributed by atoms with van der Waals surface area (Å²) in [6.07, 6.45) is 1.78. The topological polar surface area (TPSA) is 44.5 Å². The van der Waals surface area contributed by atoms with Gasteiger partial charge in [-0.25, -0.2) is 0 Å². The fourth-order valence-corrected chi connectivity index (χ4v) is 2.90. The van der Waals surface area contributed by atoms with Crippen LogP contribution < -0.4 is 9.47 Å². The molecule has 0 saturated heterocycles. The van der Waals surface area contributed by atoms with E-state index in [1.807, 2.05) is 60.7 Å². The van der Waals surface area contributed by atoms with Crippen LogP contribution in [0.4, 0.5) is 0 Å². The molecule has 0 amide bonds. The first kappa shape index (κ1) is 15.3. The molecule has 124 valence electrons. The van der Waals surface area contributed by atoms with Crippen LogP contribution in [0.5, 0.6) is 11.5 Å². The Labute approximate surface area is 145 Å². The standard InChI is InChI=1S/C21H17NO3/c1-23-16-9-5-14(6-10-16)19-20-18(4-3-13-22-20)25-21(19)15-7-11-17(24-2)12-8-15/h3-13H,1-2H3. The van der Waals surface area contributed by atoms with Gasteiger partial charge in [-0.05, 0) is 54.1 Å². The SMILES string of the molecule is COc1ccc(-c2oc3cccnc3c2-c2ccc(OC)cc2)cc1. The lowest BCUT2D eigenvalue weighted by molar-refractivity contribution is 0.414. The van der Waals surface area contributed by atoms with Crippen LogP contribution in [0.15, 0.2) is 71.3 Å². The molecule has 0 aliphatic carbocycles. The number of pyridine rings is 1. The molecular formula is C21H17NO3. The van der Waals surface area contributed by atoms with Gasteiger partial charge in [-0.15, -0.1) is 0 Å². The largest absolute Gasteiger partial charge is 0.497 e. The number of aromatic nitrogens is 1.